The maximum atomic E-state index is 9.22. The van der Waals surface area contributed by atoms with Gasteiger partial charge in [-0.25, -0.2) is 0 Å². The van der Waals surface area contributed by atoms with Gasteiger partial charge in [-0.3, -0.25) is 0 Å². The summed E-state index contributed by atoms with van der Waals surface area (Å²) >= 11 is 0. The van der Waals surface area contributed by atoms with E-state index in [-0.39, 0.29) is 6.23 Å². The van der Waals surface area contributed by atoms with Crippen LogP contribution in [-0.4, -0.2) is 22.3 Å². The lowest BCUT2D eigenvalue weighted by Gasteiger charge is -2.24. The van der Waals surface area contributed by atoms with E-state index in [1.165, 1.54) is 0 Å². The summed E-state index contributed by atoms with van der Waals surface area (Å²) < 4.78 is 0. The summed E-state index contributed by atoms with van der Waals surface area (Å²) in [5.41, 5.74) is 0. The minimum absolute atomic E-state index is 0.273. The molecule has 1 N–H and O–H groups in total. The van der Waals surface area contributed by atoms with Crippen LogP contribution in [0.5, 0.6) is 0 Å². The quantitative estimate of drug-likeness (QED) is 0.566. The van der Waals surface area contributed by atoms with Gasteiger partial charge in [-0.15, -0.1) is 0 Å². The molecule has 2 heteroatoms. The number of aliphatic hydroxyl groups excluding tert-OH is 1. The molecule has 1 rings (SSSR count). The van der Waals surface area contributed by atoms with Gasteiger partial charge in [0, 0.05) is 12.5 Å². The Morgan fingerprint density at radius 1 is 1.67 bits per heavy atom. The van der Waals surface area contributed by atoms with E-state index >= 15 is 0 Å². The number of aliphatic hydroxyl groups is 1. The van der Waals surface area contributed by atoms with Crippen molar-refractivity contribution >= 4 is 0 Å². The second-order valence-electron chi connectivity index (χ2n) is 2.64. The van der Waals surface area contributed by atoms with Gasteiger partial charge in [-0.2, -0.15) is 0 Å². The minimum Gasteiger partial charge on any atom is -0.373 e. The van der Waals surface area contributed by atoms with E-state index in [1.54, 1.807) is 0 Å². The molecule has 1 aliphatic heterocycles. The molecule has 2 nitrogen and oxygen atoms in total. The van der Waals surface area contributed by atoms with Gasteiger partial charge in [-0.1, -0.05) is 6.08 Å². The van der Waals surface area contributed by atoms with Gasteiger partial charge in [0.2, 0.25) is 0 Å². The Morgan fingerprint density at radius 3 is 2.56 bits per heavy atom. The van der Waals surface area contributed by atoms with Crippen molar-refractivity contribution in [1.29, 1.82) is 0 Å². The largest absolute Gasteiger partial charge is 0.373 e. The molecule has 0 bridgehead atoms. The van der Waals surface area contributed by atoms with E-state index in [4.69, 9.17) is 0 Å². The summed E-state index contributed by atoms with van der Waals surface area (Å²) in [6, 6.07) is 0.416. The van der Waals surface area contributed by atoms with Gasteiger partial charge < -0.3 is 10.0 Å². The van der Waals surface area contributed by atoms with E-state index in [0.717, 1.165) is 6.42 Å². The Labute approximate surface area is 55.8 Å². The third-order valence-electron chi connectivity index (χ3n) is 1.56. The second-order valence-corrected chi connectivity index (χ2v) is 2.64. The van der Waals surface area contributed by atoms with Crippen LogP contribution in [0.3, 0.4) is 0 Å². The Hall–Kier alpha value is -0.500. The summed E-state index contributed by atoms with van der Waals surface area (Å²) in [4.78, 5) is 1.94. The lowest BCUT2D eigenvalue weighted by Crippen LogP contribution is -2.32. The van der Waals surface area contributed by atoms with Crippen LogP contribution in [0.15, 0.2) is 12.3 Å². The lowest BCUT2D eigenvalue weighted by atomic mass is 10.3. The number of nitrogens with zero attached hydrogens (tertiary/aromatic N) is 1. The zero-order valence-corrected chi connectivity index (χ0v) is 5.91. The molecule has 0 saturated carbocycles. The van der Waals surface area contributed by atoms with E-state index in [0.29, 0.717) is 6.04 Å². The standard InChI is InChI=1S/C7H13NO/c1-6(2)8-5-3-4-7(8)9/h3,5-7,9H,4H2,1-2H3. The average Bonchev–Trinajstić information content (AvgIpc) is 2.13. The molecule has 1 aliphatic rings. The van der Waals surface area contributed by atoms with Gasteiger partial charge >= 0.3 is 0 Å². The fraction of sp³-hybridized carbons (Fsp3) is 0.714. The summed E-state index contributed by atoms with van der Waals surface area (Å²) in [6.45, 7) is 4.14. The highest BCUT2D eigenvalue weighted by molar-refractivity contribution is 4.94. The van der Waals surface area contributed by atoms with Crippen LogP contribution in [0.25, 0.3) is 0 Å². The molecule has 0 spiro atoms. The fourth-order valence-corrected chi connectivity index (χ4v) is 1.04. The predicted octanol–water partition coefficient (Wildman–Crippen LogP) is 0.933. The monoisotopic (exact) mass is 127 g/mol. The maximum absolute atomic E-state index is 9.22. The second kappa shape index (κ2) is 2.40. The SMILES string of the molecule is CC(C)N1C=CCC1O. The molecule has 0 aliphatic carbocycles. The predicted molar refractivity (Wildman–Crippen MR) is 36.7 cm³/mol. The van der Waals surface area contributed by atoms with E-state index in [2.05, 4.69) is 13.8 Å². The number of hydrogen-bond donors (Lipinski definition) is 1. The topological polar surface area (TPSA) is 23.5 Å². The van der Waals surface area contributed by atoms with Crippen molar-refractivity contribution in [2.75, 3.05) is 0 Å². The van der Waals surface area contributed by atoms with Gasteiger partial charge in [0.1, 0.15) is 6.23 Å². The normalized spacial score (nSPS) is 26.2. The van der Waals surface area contributed by atoms with E-state index < -0.39 is 0 Å². The first-order chi connectivity index (χ1) is 4.22. The first-order valence-electron chi connectivity index (χ1n) is 3.34. The summed E-state index contributed by atoms with van der Waals surface area (Å²) in [5.74, 6) is 0. The van der Waals surface area contributed by atoms with Crippen LogP contribution in [-0.2, 0) is 0 Å². The van der Waals surface area contributed by atoms with Crippen molar-refractivity contribution in [3.8, 4) is 0 Å². The lowest BCUT2D eigenvalue weighted by molar-refractivity contribution is 0.0350. The molecule has 0 saturated heterocycles. The highest BCUT2D eigenvalue weighted by Crippen LogP contribution is 2.14. The third-order valence-corrected chi connectivity index (χ3v) is 1.56. The molecular weight excluding hydrogens is 114 g/mol. The van der Waals surface area contributed by atoms with Crippen molar-refractivity contribution in [2.45, 2.75) is 32.5 Å². The molecule has 0 aromatic carbocycles. The Kier molecular flexibility index (Phi) is 1.76. The van der Waals surface area contributed by atoms with Crippen molar-refractivity contribution < 1.29 is 5.11 Å². The molecule has 0 aromatic heterocycles. The zero-order chi connectivity index (χ0) is 6.85. The summed E-state index contributed by atoms with van der Waals surface area (Å²) in [5, 5.41) is 9.22. The first kappa shape index (κ1) is 6.62. The van der Waals surface area contributed by atoms with Crippen LogP contribution in [0, 0.1) is 0 Å². The highest BCUT2D eigenvalue weighted by atomic mass is 16.3. The molecule has 9 heavy (non-hydrogen) atoms. The van der Waals surface area contributed by atoms with Crippen LogP contribution in [0.1, 0.15) is 20.3 Å². The molecule has 0 fully saturated rings. The minimum atomic E-state index is -0.273. The van der Waals surface area contributed by atoms with Gasteiger partial charge in [-0.05, 0) is 20.0 Å². The molecule has 0 radical (unpaired) electrons. The maximum Gasteiger partial charge on any atom is 0.130 e. The van der Waals surface area contributed by atoms with E-state index in [1.807, 2.05) is 17.2 Å². The smallest absolute Gasteiger partial charge is 0.130 e. The number of rotatable bonds is 1. The average molecular weight is 127 g/mol. The molecule has 1 heterocycles. The van der Waals surface area contributed by atoms with Crippen molar-refractivity contribution in [3.63, 3.8) is 0 Å². The Morgan fingerprint density at radius 2 is 2.33 bits per heavy atom. The highest BCUT2D eigenvalue weighted by Gasteiger charge is 2.17. The Balaban J connectivity index is 2.49. The zero-order valence-electron chi connectivity index (χ0n) is 5.91. The van der Waals surface area contributed by atoms with Crippen LogP contribution in [0.4, 0.5) is 0 Å². The molecule has 1 atom stereocenters. The molecule has 0 aromatic rings. The van der Waals surface area contributed by atoms with Gasteiger partial charge in [0.25, 0.3) is 0 Å². The fourth-order valence-electron chi connectivity index (χ4n) is 1.04. The number of hydrogen-bond acceptors (Lipinski definition) is 2. The summed E-state index contributed by atoms with van der Waals surface area (Å²) in [6.07, 6.45) is 4.45. The molecule has 52 valence electrons. The Bertz CT molecular complexity index is 120. The molecular formula is C7H13NO. The molecule has 1 unspecified atom stereocenters. The van der Waals surface area contributed by atoms with Crippen molar-refractivity contribution in [1.82, 2.24) is 4.90 Å². The van der Waals surface area contributed by atoms with Crippen LogP contribution < -0.4 is 0 Å². The molecule has 0 amide bonds. The van der Waals surface area contributed by atoms with Crippen LogP contribution >= 0.6 is 0 Å². The van der Waals surface area contributed by atoms with Crippen molar-refractivity contribution in [2.24, 2.45) is 0 Å². The van der Waals surface area contributed by atoms with Gasteiger partial charge in [0.15, 0.2) is 0 Å². The van der Waals surface area contributed by atoms with Gasteiger partial charge in [0.05, 0.1) is 0 Å². The summed E-state index contributed by atoms with van der Waals surface area (Å²) in [7, 11) is 0. The van der Waals surface area contributed by atoms with Crippen LogP contribution in [0.2, 0.25) is 0 Å². The van der Waals surface area contributed by atoms with E-state index in [9.17, 15) is 5.11 Å². The first-order valence-corrected chi connectivity index (χ1v) is 3.34. The van der Waals surface area contributed by atoms with Crippen molar-refractivity contribution in [3.05, 3.63) is 12.3 Å². The third kappa shape index (κ3) is 1.24.